The van der Waals surface area contributed by atoms with Gasteiger partial charge in [-0.3, -0.25) is 4.90 Å². The molecule has 1 aliphatic heterocycles. The molecule has 0 bridgehead atoms. The molecule has 0 amide bonds. The van der Waals surface area contributed by atoms with Crippen LogP contribution in [0.15, 0.2) is 5.38 Å². The van der Waals surface area contributed by atoms with Gasteiger partial charge in [0.05, 0.1) is 6.04 Å². The summed E-state index contributed by atoms with van der Waals surface area (Å²) in [4.78, 5) is 7.45. The molecule has 4 heteroatoms. The van der Waals surface area contributed by atoms with Crippen molar-refractivity contribution in [1.29, 1.82) is 0 Å². The third-order valence-electron chi connectivity index (χ3n) is 5.19. The van der Waals surface area contributed by atoms with Crippen molar-refractivity contribution >= 4 is 11.3 Å². The van der Waals surface area contributed by atoms with Gasteiger partial charge in [-0.15, -0.1) is 11.3 Å². The van der Waals surface area contributed by atoms with E-state index in [2.05, 4.69) is 36.4 Å². The monoisotopic (exact) mass is 293 g/mol. The molecule has 1 spiro atoms. The van der Waals surface area contributed by atoms with Crippen LogP contribution in [0, 0.1) is 6.92 Å². The summed E-state index contributed by atoms with van der Waals surface area (Å²) in [6, 6.07) is 1.11. The number of hydrogen-bond donors (Lipinski definition) is 1. The average molecular weight is 293 g/mol. The van der Waals surface area contributed by atoms with Gasteiger partial charge < -0.3 is 5.32 Å². The van der Waals surface area contributed by atoms with Crippen LogP contribution in [0.3, 0.4) is 0 Å². The summed E-state index contributed by atoms with van der Waals surface area (Å²) >= 11 is 1.82. The van der Waals surface area contributed by atoms with Crippen molar-refractivity contribution in [2.45, 2.75) is 70.5 Å². The Morgan fingerprint density at radius 1 is 1.50 bits per heavy atom. The second kappa shape index (κ2) is 5.74. The molecule has 2 heterocycles. The van der Waals surface area contributed by atoms with Gasteiger partial charge in [0.15, 0.2) is 0 Å². The van der Waals surface area contributed by atoms with Crippen LogP contribution in [0.2, 0.25) is 0 Å². The molecule has 112 valence electrons. The highest BCUT2D eigenvalue weighted by Crippen LogP contribution is 2.37. The second-order valence-electron chi connectivity index (χ2n) is 6.61. The lowest BCUT2D eigenvalue weighted by atomic mass is 9.90. The molecule has 1 aliphatic carbocycles. The first-order valence-corrected chi connectivity index (χ1v) is 8.94. The minimum atomic E-state index is 0.395. The minimum absolute atomic E-state index is 0.395. The lowest BCUT2D eigenvalue weighted by Crippen LogP contribution is -2.63. The molecular formula is C16H27N3S. The average Bonchev–Trinajstić information content (AvgIpc) is 3.08. The fourth-order valence-electron chi connectivity index (χ4n) is 3.91. The normalized spacial score (nSPS) is 28.1. The first-order chi connectivity index (χ1) is 9.63. The molecule has 0 aromatic carbocycles. The molecule has 2 atom stereocenters. The Labute approximate surface area is 126 Å². The third-order valence-corrected chi connectivity index (χ3v) is 6.32. The summed E-state index contributed by atoms with van der Waals surface area (Å²) in [5.41, 5.74) is 1.56. The van der Waals surface area contributed by atoms with Crippen LogP contribution in [0.1, 0.15) is 62.7 Å². The van der Waals surface area contributed by atoms with E-state index in [0.29, 0.717) is 17.6 Å². The standard InChI is InChI=1S/C16H27N3S/c1-4-14-9-17-16(7-5-6-8-16)11-19(14)13(3)15-18-12(2)10-20-15/h10,13-14,17H,4-9,11H2,1-3H3. The van der Waals surface area contributed by atoms with Crippen molar-refractivity contribution in [3.63, 3.8) is 0 Å². The molecule has 1 N–H and O–H groups in total. The summed E-state index contributed by atoms with van der Waals surface area (Å²) in [6.45, 7) is 9.09. The van der Waals surface area contributed by atoms with Crippen LogP contribution >= 0.6 is 11.3 Å². The van der Waals surface area contributed by atoms with Gasteiger partial charge >= 0.3 is 0 Å². The zero-order chi connectivity index (χ0) is 14.2. The van der Waals surface area contributed by atoms with Gasteiger partial charge in [-0.25, -0.2) is 4.98 Å². The highest BCUT2D eigenvalue weighted by atomic mass is 32.1. The first kappa shape index (κ1) is 14.5. The summed E-state index contributed by atoms with van der Waals surface area (Å²) in [5.74, 6) is 0. The van der Waals surface area contributed by atoms with E-state index in [4.69, 9.17) is 4.98 Å². The molecular weight excluding hydrogens is 266 g/mol. The minimum Gasteiger partial charge on any atom is -0.308 e. The number of aryl methyl sites for hydroxylation is 1. The van der Waals surface area contributed by atoms with Crippen molar-refractivity contribution in [2.75, 3.05) is 13.1 Å². The lowest BCUT2D eigenvalue weighted by molar-refractivity contribution is 0.0461. The van der Waals surface area contributed by atoms with Crippen molar-refractivity contribution < 1.29 is 0 Å². The highest BCUT2D eigenvalue weighted by Gasteiger charge is 2.42. The van der Waals surface area contributed by atoms with Gasteiger partial charge in [0, 0.05) is 35.7 Å². The number of hydrogen-bond acceptors (Lipinski definition) is 4. The van der Waals surface area contributed by atoms with E-state index in [9.17, 15) is 0 Å². The number of aromatic nitrogens is 1. The SMILES string of the molecule is CCC1CNC2(CCCC2)CN1C(C)c1nc(C)cs1. The van der Waals surface area contributed by atoms with Gasteiger partial charge in [-0.05, 0) is 33.1 Å². The Bertz CT molecular complexity index is 450. The van der Waals surface area contributed by atoms with Crippen molar-refractivity contribution in [1.82, 2.24) is 15.2 Å². The van der Waals surface area contributed by atoms with Crippen molar-refractivity contribution in [2.24, 2.45) is 0 Å². The van der Waals surface area contributed by atoms with Crippen LogP contribution < -0.4 is 5.32 Å². The lowest BCUT2D eigenvalue weighted by Gasteiger charge is -2.48. The van der Waals surface area contributed by atoms with Crippen LogP contribution in [-0.2, 0) is 0 Å². The summed E-state index contributed by atoms with van der Waals surface area (Å²) in [6.07, 6.45) is 6.70. The molecule has 1 saturated heterocycles. The molecule has 1 aromatic rings. The van der Waals surface area contributed by atoms with Gasteiger partial charge in [0.25, 0.3) is 0 Å². The smallest absolute Gasteiger partial charge is 0.110 e. The maximum Gasteiger partial charge on any atom is 0.110 e. The zero-order valence-electron chi connectivity index (χ0n) is 13.0. The largest absolute Gasteiger partial charge is 0.308 e. The molecule has 0 radical (unpaired) electrons. The van der Waals surface area contributed by atoms with Crippen molar-refractivity contribution in [3.05, 3.63) is 16.1 Å². The summed E-state index contributed by atoms with van der Waals surface area (Å²) < 4.78 is 0. The van der Waals surface area contributed by atoms with E-state index >= 15 is 0 Å². The van der Waals surface area contributed by atoms with Crippen LogP contribution in [0.5, 0.6) is 0 Å². The van der Waals surface area contributed by atoms with Crippen LogP contribution in [0.4, 0.5) is 0 Å². The number of nitrogens with zero attached hydrogens (tertiary/aromatic N) is 2. The van der Waals surface area contributed by atoms with Gasteiger partial charge in [-0.1, -0.05) is 19.8 Å². The maximum atomic E-state index is 4.73. The summed E-state index contributed by atoms with van der Waals surface area (Å²) in [7, 11) is 0. The van der Waals surface area contributed by atoms with Gasteiger partial charge in [0.2, 0.25) is 0 Å². The molecule has 1 aromatic heterocycles. The topological polar surface area (TPSA) is 28.2 Å². The molecule has 1 saturated carbocycles. The Morgan fingerprint density at radius 3 is 2.85 bits per heavy atom. The van der Waals surface area contributed by atoms with Gasteiger partial charge in [0.1, 0.15) is 5.01 Å². The van der Waals surface area contributed by atoms with E-state index in [0.717, 1.165) is 12.2 Å². The molecule has 3 nitrogen and oxygen atoms in total. The number of rotatable bonds is 3. The fourth-order valence-corrected chi connectivity index (χ4v) is 4.78. The zero-order valence-corrected chi connectivity index (χ0v) is 13.8. The summed E-state index contributed by atoms with van der Waals surface area (Å²) in [5, 5.41) is 7.35. The quantitative estimate of drug-likeness (QED) is 0.924. The van der Waals surface area contributed by atoms with E-state index < -0.39 is 0 Å². The number of thiazole rings is 1. The molecule has 2 fully saturated rings. The molecule has 2 unspecified atom stereocenters. The Morgan fingerprint density at radius 2 is 2.25 bits per heavy atom. The maximum absolute atomic E-state index is 4.73. The van der Waals surface area contributed by atoms with Crippen LogP contribution in [0.25, 0.3) is 0 Å². The van der Waals surface area contributed by atoms with Gasteiger partial charge in [-0.2, -0.15) is 0 Å². The Balaban J connectivity index is 1.79. The predicted octanol–water partition coefficient (Wildman–Crippen LogP) is 3.51. The van der Waals surface area contributed by atoms with Crippen LogP contribution in [-0.4, -0.2) is 34.6 Å². The number of piperazine rings is 1. The Kier molecular flexibility index (Phi) is 4.16. The first-order valence-electron chi connectivity index (χ1n) is 8.06. The predicted molar refractivity (Wildman–Crippen MR) is 85.3 cm³/mol. The molecule has 20 heavy (non-hydrogen) atoms. The van der Waals surface area contributed by atoms with E-state index in [1.165, 1.54) is 43.7 Å². The molecule has 2 aliphatic rings. The fraction of sp³-hybridized carbons (Fsp3) is 0.812. The van der Waals surface area contributed by atoms with Crippen molar-refractivity contribution in [3.8, 4) is 0 Å². The van der Waals surface area contributed by atoms with E-state index in [-0.39, 0.29) is 0 Å². The Hall–Kier alpha value is -0.450. The van der Waals surface area contributed by atoms with E-state index in [1.54, 1.807) is 0 Å². The number of nitrogens with one attached hydrogen (secondary N) is 1. The molecule has 3 rings (SSSR count). The highest BCUT2D eigenvalue weighted by molar-refractivity contribution is 7.09. The third kappa shape index (κ3) is 2.66. The second-order valence-corrected chi connectivity index (χ2v) is 7.50. The van der Waals surface area contributed by atoms with E-state index in [1.807, 2.05) is 11.3 Å².